The number of esters is 1. The van der Waals surface area contributed by atoms with E-state index in [4.69, 9.17) is 30.3 Å². The maximum Gasteiger partial charge on any atom is 0.328 e. The summed E-state index contributed by atoms with van der Waals surface area (Å²) in [4.78, 5) is 26.2. The number of amides is 1. The average Bonchev–Trinajstić information content (AvgIpc) is 2.61. The molecule has 2 atom stereocenters. The van der Waals surface area contributed by atoms with Crippen LogP contribution in [0.1, 0.15) is 13.8 Å². The fraction of sp³-hybridized carbons (Fsp3) is 0.812. The van der Waals surface area contributed by atoms with E-state index < -0.39 is 24.0 Å². The third-order valence-electron chi connectivity index (χ3n) is 2.93. The summed E-state index contributed by atoms with van der Waals surface area (Å²) in [5, 5.41) is 2.42. The zero-order valence-corrected chi connectivity index (χ0v) is 15.1. The lowest BCUT2D eigenvalue weighted by Crippen LogP contribution is -2.43. The Morgan fingerprint density at radius 3 is 1.88 bits per heavy atom. The standard InChI is InChI=1S/C16H28N2O7/c1-13(17-3)15(19)18-14(2)16(20)25-12-11-24-10-9-23-8-7-22-6-5-21-4/h13-14H,5-12H2,1-2,4H3,(H,18,19). The second kappa shape index (κ2) is 15.8. The molecule has 144 valence electrons. The minimum atomic E-state index is -0.830. The van der Waals surface area contributed by atoms with Crippen molar-refractivity contribution >= 4 is 11.9 Å². The molecule has 0 aliphatic heterocycles. The molecule has 2 unspecified atom stereocenters. The Hall–Kier alpha value is -1.73. The molecule has 0 aromatic heterocycles. The third kappa shape index (κ3) is 13.3. The predicted octanol–water partition coefficient (Wildman–Crippen LogP) is 0.0383. The molecule has 9 heteroatoms. The minimum Gasteiger partial charge on any atom is -0.462 e. The van der Waals surface area contributed by atoms with E-state index in [-0.39, 0.29) is 13.2 Å². The molecule has 1 amide bonds. The topological polar surface area (TPSA) is 96.7 Å². The summed E-state index contributed by atoms with van der Waals surface area (Å²) >= 11 is 0. The second-order valence-electron chi connectivity index (χ2n) is 5.03. The van der Waals surface area contributed by atoms with Gasteiger partial charge in [-0.2, -0.15) is 0 Å². The maximum atomic E-state index is 11.7. The molecule has 0 saturated carbocycles. The molecule has 0 aromatic rings. The van der Waals surface area contributed by atoms with Crippen molar-refractivity contribution in [2.45, 2.75) is 25.9 Å². The molecule has 0 aliphatic rings. The average molecular weight is 360 g/mol. The van der Waals surface area contributed by atoms with Gasteiger partial charge < -0.3 is 33.8 Å². The maximum absolute atomic E-state index is 11.7. The van der Waals surface area contributed by atoms with Gasteiger partial charge in [0.2, 0.25) is 0 Å². The largest absolute Gasteiger partial charge is 0.462 e. The molecule has 0 radical (unpaired) electrons. The van der Waals surface area contributed by atoms with Gasteiger partial charge in [0.1, 0.15) is 12.6 Å². The number of rotatable bonds is 15. The SMILES string of the molecule is [C-]#[N+]C(C)C(=O)NC(C)C(=O)OCCOCCOCCOCCOC. The van der Waals surface area contributed by atoms with Gasteiger partial charge in [-0.3, -0.25) is 4.79 Å². The summed E-state index contributed by atoms with van der Waals surface area (Å²) in [5.41, 5.74) is 0. The van der Waals surface area contributed by atoms with Crippen LogP contribution in [0.3, 0.4) is 0 Å². The Kier molecular flexibility index (Phi) is 14.7. The van der Waals surface area contributed by atoms with Gasteiger partial charge in [-0.1, -0.05) is 0 Å². The number of hydrogen-bond donors (Lipinski definition) is 1. The Morgan fingerprint density at radius 1 is 0.920 bits per heavy atom. The summed E-state index contributed by atoms with van der Waals surface area (Å²) < 4.78 is 25.6. The monoisotopic (exact) mass is 360 g/mol. The predicted molar refractivity (Wildman–Crippen MR) is 89.0 cm³/mol. The lowest BCUT2D eigenvalue weighted by Gasteiger charge is -2.13. The molecular weight excluding hydrogens is 332 g/mol. The van der Waals surface area contributed by atoms with Crippen molar-refractivity contribution in [1.29, 1.82) is 0 Å². The van der Waals surface area contributed by atoms with Crippen molar-refractivity contribution in [2.24, 2.45) is 0 Å². The van der Waals surface area contributed by atoms with Crippen LogP contribution in [-0.2, 0) is 33.3 Å². The van der Waals surface area contributed by atoms with Crippen LogP contribution in [0.2, 0.25) is 0 Å². The van der Waals surface area contributed by atoms with E-state index in [0.717, 1.165) is 0 Å². The van der Waals surface area contributed by atoms with Crippen molar-refractivity contribution < 1.29 is 33.3 Å². The van der Waals surface area contributed by atoms with Crippen molar-refractivity contribution in [3.63, 3.8) is 0 Å². The van der Waals surface area contributed by atoms with Crippen LogP contribution in [0.5, 0.6) is 0 Å². The number of nitrogens with one attached hydrogen (secondary N) is 1. The lowest BCUT2D eigenvalue weighted by atomic mass is 10.3. The van der Waals surface area contributed by atoms with Crippen LogP contribution in [0.15, 0.2) is 0 Å². The van der Waals surface area contributed by atoms with E-state index in [0.29, 0.717) is 39.6 Å². The Bertz CT molecular complexity index is 412. The molecule has 1 N–H and O–H groups in total. The zero-order chi connectivity index (χ0) is 18.9. The fourth-order valence-electron chi connectivity index (χ4n) is 1.46. The first-order chi connectivity index (χ1) is 12.0. The molecule has 0 saturated heterocycles. The Balaban J connectivity index is 3.48. The van der Waals surface area contributed by atoms with Crippen LogP contribution in [0.4, 0.5) is 0 Å². The van der Waals surface area contributed by atoms with Crippen LogP contribution in [-0.4, -0.2) is 83.9 Å². The molecular formula is C16H28N2O7. The van der Waals surface area contributed by atoms with Crippen LogP contribution in [0.25, 0.3) is 4.85 Å². The first-order valence-electron chi connectivity index (χ1n) is 8.08. The Labute approximate surface area is 148 Å². The minimum absolute atomic E-state index is 0.0809. The summed E-state index contributed by atoms with van der Waals surface area (Å²) in [6, 6.07) is -1.64. The molecule has 0 bridgehead atoms. The first-order valence-corrected chi connectivity index (χ1v) is 8.08. The summed E-state index contributed by atoms with van der Waals surface area (Å²) in [6.45, 7) is 12.9. The molecule has 25 heavy (non-hydrogen) atoms. The molecule has 0 aliphatic carbocycles. The summed E-state index contributed by atoms with van der Waals surface area (Å²) in [7, 11) is 1.61. The van der Waals surface area contributed by atoms with Crippen LogP contribution >= 0.6 is 0 Å². The van der Waals surface area contributed by atoms with Crippen molar-refractivity contribution in [1.82, 2.24) is 5.32 Å². The van der Waals surface area contributed by atoms with E-state index in [1.54, 1.807) is 7.11 Å². The number of methoxy groups -OCH3 is 1. The number of carbonyl (C=O) groups excluding carboxylic acids is 2. The van der Waals surface area contributed by atoms with Crippen molar-refractivity contribution in [3.05, 3.63) is 11.4 Å². The van der Waals surface area contributed by atoms with E-state index in [1.807, 2.05) is 0 Å². The van der Waals surface area contributed by atoms with E-state index >= 15 is 0 Å². The quantitative estimate of drug-likeness (QED) is 0.250. The van der Waals surface area contributed by atoms with Gasteiger partial charge in [-0.25, -0.2) is 11.4 Å². The first kappa shape index (κ1) is 23.3. The molecule has 0 aromatic carbocycles. The number of carbonyl (C=O) groups is 2. The smallest absolute Gasteiger partial charge is 0.328 e. The van der Waals surface area contributed by atoms with Gasteiger partial charge in [-0.05, 0) is 6.92 Å². The molecule has 9 nitrogen and oxygen atoms in total. The van der Waals surface area contributed by atoms with Gasteiger partial charge in [-0.15, -0.1) is 0 Å². The fourth-order valence-corrected chi connectivity index (χ4v) is 1.46. The zero-order valence-electron chi connectivity index (χ0n) is 15.1. The normalized spacial score (nSPS) is 12.9. The van der Waals surface area contributed by atoms with Gasteiger partial charge in [0.15, 0.2) is 0 Å². The molecule has 0 fully saturated rings. The Morgan fingerprint density at radius 2 is 1.40 bits per heavy atom. The van der Waals surface area contributed by atoms with E-state index in [2.05, 4.69) is 10.2 Å². The van der Waals surface area contributed by atoms with E-state index in [1.165, 1.54) is 13.8 Å². The van der Waals surface area contributed by atoms with Crippen molar-refractivity contribution in [2.75, 3.05) is 60.0 Å². The number of hydrogen-bond acceptors (Lipinski definition) is 7. The molecule has 0 rings (SSSR count). The van der Waals surface area contributed by atoms with Gasteiger partial charge in [0.25, 0.3) is 6.04 Å². The number of ether oxygens (including phenoxy) is 5. The summed E-state index contributed by atoms with van der Waals surface area (Å²) in [6.07, 6.45) is 0. The van der Waals surface area contributed by atoms with E-state index in [9.17, 15) is 9.59 Å². The summed E-state index contributed by atoms with van der Waals surface area (Å²) in [5.74, 6) is -1.07. The van der Waals surface area contributed by atoms with Gasteiger partial charge >= 0.3 is 11.9 Å². The highest BCUT2D eigenvalue weighted by Crippen LogP contribution is 1.93. The second-order valence-corrected chi connectivity index (χ2v) is 5.03. The van der Waals surface area contributed by atoms with Crippen LogP contribution in [0, 0.1) is 6.57 Å². The van der Waals surface area contributed by atoms with Crippen molar-refractivity contribution in [3.8, 4) is 0 Å². The third-order valence-corrected chi connectivity index (χ3v) is 2.93. The highest BCUT2D eigenvalue weighted by molar-refractivity contribution is 5.88. The highest BCUT2D eigenvalue weighted by atomic mass is 16.6. The molecule has 0 spiro atoms. The highest BCUT2D eigenvalue weighted by Gasteiger charge is 2.23. The van der Waals surface area contributed by atoms with Gasteiger partial charge in [0.05, 0.1) is 46.2 Å². The van der Waals surface area contributed by atoms with Gasteiger partial charge in [0, 0.05) is 14.0 Å². The lowest BCUT2D eigenvalue weighted by molar-refractivity contribution is -0.149. The number of nitrogens with zero attached hydrogens (tertiary/aromatic N) is 1. The molecule has 0 heterocycles. The van der Waals surface area contributed by atoms with Crippen LogP contribution < -0.4 is 5.32 Å².